The Bertz CT molecular complexity index is 85.1. The molecule has 15 heavy (non-hydrogen) atoms. The van der Waals surface area contributed by atoms with Crippen LogP contribution in [0.3, 0.4) is 0 Å². The van der Waals surface area contributed by atoms with Gasteiger partial charge in [0.2, 0.25) is 0 Å². The van der Waals surface area contributed by atoms with Crippen molar-refractivity contribution in [3.05, 3.63) is 0 Å². The number of hydrogen-bond donors (Lipinski definition) is 0. The van der Waals surface area contributed by atoms with Crippen molar-refractivity contribution < 1.29 is 0 Å². The second kappa shape index (κ2) is 29.2. The third-order valence-electron chi connectivity index (χ3n) is 1.63. The highest BCUT2D eigenvalue weighted by Gasteiger charge is 1.80. The molecule has 0 N–H and O–H groups in total. The van der Waals surface area contributed by atoms with E-state index in [1.165, 1.54) is 12.8 Å². The maximum Gasteiger partial charge on any atom is -0.00297 e. The van der Waals surface area contributed by atoms with Crippen molar-refractivity contribution in [2.75, 3.05) is 0 Å². The van der Waals surface area contributed by atoms with Gasteiger partial charge in [-0.15, -0.1) is 12.3 Å². The molecule has 0 aromatic carbocycles. The molecular formula is C15H34. The molecule has 0 aliphatic rings. The van der Waals surface area contributed by atoms with E-state index in [1.807, 2.05) is 13.8 Å². The molecule has 0 saturated heterocycles. The summed E-state index contributed by atoms with van der Waals surface area (Å²) in [6.07, 6.45) is 7.21. The summed E-state index contributed by atoms with van der Waals surface area (Å²) in [7, 11) is 0. The first-order valence-electron chi connectivity index (χ1n) is 6.33. The van der Waals surface area contributed by atoms with Crippen molar-refractivity contribution in [3.8, 4) is 12.3 Å². The third-order valence-corrected chi connectivity index (χ3v) is 1.63. The van der Waals surface area contributed by atoms with Crippen LogP contribution in [0.4, 0.5) is 0 Å². The van der Waals surface area contributed by atoms with Gasteiger partial charge in [-0.2, -0.15) is 0 Å². The molecule has 0 heteroatoms. The summed E-state index contributed by atoms with van der Waals surface area (Å²) in [5, 5.41) is 0. The van der Waals surface area contributed by atoms with Gasteiger partial charge in [-0.1, -0.05) is 68.2 Å². The molecule has 0 amide bonds. The summed E-state index contributed by atoms with van der Waals surface area (Å²) in [6, 6.07) is 0. The summed E-state index contributed by atoms with van der Waals surface area (Å²) >= 11 is 0. The average Bonchev–Trinajstić information content (AvgIpc) is 2.22. The van der Waals surface area contributed by atoms with Crippen LogP contribution >= 0.6 is 0 Å². The van der Waals surface area contributed by atoms with E-state index in [4.69, 9.17) is 0 Å². The molecule has 0 radical (unpaired) electrons. The Labute approximate surface area is 99.9 Å². The van der Waals surface area contributed by atoms with Crippen molar-refractivity contribution in [1.82, 2.24) is 0 Å². The molecule has 0 saturated carbocycles. The Kier molecular flexibility index (Phi) is 46.7. The van der Waals surface area contributed by atoms with E-state index >= 15 is 0 Å². The van der Waals surface area contributed by atoms with Crippen LogP contribution in [-0.2, 0) is 0 Å². The van der Waals surface area contributed by atoms with Crippen molar-refractivity contribution in [1.29, 1.82) is 0 Å². The lowest BCUT2D eigenvalue weighted by molar-refractivity contribution is 0.626. The van der Waals surface area contributed by atoms with Crippen LogP contribution in [0.5, 0.6) is 0 Å². The molecule has 0 bridgehead atoms. The van der Waals surface area contributed by atoms with Crippen LogP contribution in [-0.4, -0.2) is 0 Å². The first-order valence-corrected chi connectivity index (χ1v) is 6.33. The largest absolute Gasteiger partial charge is 0.120 e. The maximum atomic E-state index is 4.60. The Morgan fingerprint density at radius 1 is 0.867 bits per heavy atom. The van der Waals surface area contributed by atoms with E-state index < -0.39 is 0 Å². The predicted molar refractivity (Wildman–Crippen MR) is 76.1 cm³/mol. The predicted octanol–water partition coefficient (Wildman–Crippen LogP) is 5.77. The molecule has 0 unspecified atom stereocenters. The summed E-state index contributed by atoms with van der Waals surface area (Å²) in [5.74, 6) is 4.02. The lowest BCUT2D eigenvalue weighted by Gasteiger charge is -1.90. The average molecular weight is 214 g/mol. The van der Waals surface area contributed by atoms with Gasteiger partial charge in [-0.25, -0.2) is 0 Å². The maximum absolute atomic E-state index is 4.60. The molecule has 0 aromatic rings. The first kappa shape index (κ1) is 24.0. The van der Waals surface area contributed by atoms with Crippen molar-refractivity contribution in [2.45, 2.75) is 75.2 Å². The van der Waals surface area contributed by atoms with Crippen LogP contribution < -0.4 is 0 Å². The number of terminal acetylenes is 1. The molecule has 0 spiro atoms. The van der Waals surface area contributed by atoms with Gasteiger partial charge in [0.15, 0.2) is 0 Å². The smallest absolute Gasteiger partial charge is 0.00297 e. The highest BCUT2D eigenvalue weighted by Crippen LogP contribution is 1.94. The minimum atomic E-state index is 0.884. The molecule has 0 fully saturated rings. The standard InChI is InChI=1S/2C5H12.C3H4.C2H6/c2*1-4-5(2)3;1-3-2;1-2/h2*5H,4H2,1-3H3;1H,2H3;1-2H3. The van der Waals surface area contributed by atoms with E-state index in [9.17, 15) is 0 Å². The fraction of sp³-hybridized carbons (Fsp3) is 0.867. The Morgan fingerprint density at radius 2 is 0.933 bits per heavy atom. The zero-order valence-electron chi connectivity index (χ0n) is 12.6. The summed E-state index contributed by atoms with van der Waals surface area (Å²) < 4.78 is 0. The molecule has 0 heterocycles. The van der Waals surface area contributed by atoms with Crippen LogP contribution in [0.15, 0.2) is 0 Å². The zero-order valence-corrected chi connectivity index (χ0v) is 12.6. The van der Waals surface area contributed by atoms with Gasteiger partial charge in [0, 0.05) is 0 Å². The van der Waals surface area contributed by atoms with Crippen LogP contribution in [0.25, 0.3) is 0 Å². The van der Waals surface area contributed by atoms with E-state index in [-0.39, 0.29) is 0 Å². The Balaban J connectivity index is -0.0000000574. The lowest BCUT2D eigenvalue weighted by Crippen LogP contribution is -1.77. The molecule has 0 aliphatic heterocycles. The quantitative estimate of drug-likeness (QED) is 0.512. The second-order valence-corrected chi connectivity index (χ2v) is 3.89. The first-order chi connectivity index (χ1) is 6.95. The van der Waals surface area contributed by atoms with Gasteiger partial charge in [-0.3, -0.25) is 0 Å². The highest BCUT2D eigenvalue weighted by molar-refractivity contribution is 4.73. The fourth-order valence-electron chi connectivity index (χ4n) is 0. The minimum absolute atomic E-state index is 0.884. The van der Waals surface area contributed by atoms with Crippen LogP contribution in [0.1, 0.15) is 75.2 Å². The Hall–Kier alpha value is -0.440. The monoisotopic (exact) mass is 214 g/mol. The van der Waals surface area contributed by atoms with Gasteiger partial charge >= 0.3 is 0 Å². The number of hydrogen-bond acceptors (Lipinski definition) is 0. The molecule has 94 valence electrons. The zero-order chi connectivity index (χ0) is 13.3. The molecule has 0 aliphatic carbocycles. The molecule has 0 aromatic heterocycles. The second-order valence-electron chi connectivity index (χ2n) is 3.89. The van der Waals surface area contributed by atoms with E-state index in [0.717, 1.165) is 11.8 Å². The fourth-order valence-corrected chi connectivity index (χ4v) is 0. The van der Waals surface area contributed by atoms with Gasteiger partial charge in [0.25, 0.3) is 0 Å². The molecular weight excluding hydrogens is 180 g/mol. The van der Waals surface area contributed by atoms with E-state index in [1.54, 1.807) is 6.92 Å². The third kappa shape index (κ3) is 143. The number of rotatable bonds is 2. The molecule has 0 atom stereocenters. The van der Waals surface area contributed by atoms with Crippen molar-refractivity contribution in [3.63, 3.8) is 0 Å². The van der Waals surface area contributed by atoms with Crippen molar-refractivity contribution in [2.24, 2.45) is 11.8 Å². The highest BCUT2D eigenvalue weighted by atomic mass is 13.9. The van der Waals surface area contributed by atoms with Crippen LogP contribution in [0, 0.1) is 24.2 Å². The van der Waals surface area contributed by atoms with Gasteiger partial charge in [0.05, 0.1) is 0 Å². The SMILES string of the molecule is C#CC.CC.CCC(C)C.CCC(C)C. The van der Waals surface area contributed by atoms with Crippen molar-refractivity contribution >= 4 is 0 Å². The van der Waals surface area contributed by atoms with Gasteiger partial charge in [-0.05, 0) is 18.8 Å². The topological polar surface area (TPSA) is 0 Å². The summed E-state index contributed by atoms with van der Waals surface area (Å²) in [5.41, 5.74) is 0. The summed E-state index contributed by atoms with van der Waals surface area (Å²) in [6.45, 7) is 18.9. The lowest BCUT2D eigenvalue weighted by atomic mass is 10.2. The van der Waals surface area contributed by atoms with Crippen LogP contribution in [0.2, 0.25) is 0 Å². The van der Waals surface area contributed by atoms with E-state index in [2.05, 4.69) is 53.9 Å². The van der Waals surface area contributed by atoms with Gasteiger partial charge in [0.1, 0.15) is 0 Å². The van der Waals surface area contributed by atoms with E-state index in [0.29, 0.717) is 0 Å². The summed E-state index contributed by atoms with van der Waals surface area (Å²) in [4.78, 5) is 0. The Morgan fingerprint density at radius 3 is 0.933 bits per heavy atom. The molecule has 0 rings (SSSR count). The normalized spacial score (nSPS) is 7.33. The van der Waals surface area contributed by atoms with Gasteiger partial charge < -0.3 is 0 Å². The minimum Gasteiger partial charge on any atom is -0.120 e. The molecule has 0 nitrogen and oxygen atoms in total.